The SMILES string of the molecule is CCCCc1ccc(NC(=O)c2cccc(S(=O)(=O)N3CCN(C(C)=O)CC3)c2)cc1. The lowest BCUT2D eigenvalue weighted by atomic mass is 10.1. The first kappa shape index (κ1) is 23.0. The van der Waals surface area contributed by atoms with E-state index < -0.39 is 10.0 Å². The topological polar surface area (TPSA) is 86.8 Å². The van der Waals surface area contributed by atoms with E-state index in [1.807, 2.05) is 24.3 Å². The maximum Gasteiger partial charge on any atom is 0.255 e. The molecule has 0 aliphatic carbocycles. The van der Waals surface area contributed by atoms with E-state index in [0.29, 0.717) is 18.8 Å². The number of nitrogens with one attached hydrogen (secondary N) is 1. The molecule has 1 N–H and O–H groups in total. The molecule has 2 aromatic rings. The van der Waals surface area contributed by atoms with Gasteiger partial charge < -0.3 is 10.2 Å². The van der Waals surface area contributed by atoms with Gasteiger partial charge in [-0.2, -0.15) is 4.31 Å². The van der Waals surface area contributed by atoms with Crippen LogP contribution in [0.25, 0.3) is 0 Å². The fourth-order valence-electron chi connectivity index (χ4n) is 3.53. The maximum atomic E-state index is 13.0. The van der Waals surface area contributed by atoms with Gasteiger partial charge in [-0.05, 0) is 48.7 Å². The van der Waals surface area contributed by atoms with Gasteiger partial charge in [0.05, 0.1) is 4.90 Å². The van der Waals surface area contributed by atoms with Crippen molar-refractivity contribution in [3.05, 3.63) is 59.7 Å². The van der Waals surface area contributed by atoms with Crippen LogP contribution in [0.15, 0.2) is 53.4 Å². The van der Waals surface area contributed by atoms with Gasteiger partial charge in [0, 0.05) is 44.4 Å². The molecule has 2 amide bonds. The van der Waals surface area contributed by atoms with Crippen molar-refractivity contribution >= 4 is 27.5 Å². The van der Waals surface area contributed by atoms with Crippen LogP contribution in [0, 0.1) is 0 Å². The highest BCUT2D eigenvalue weighted by Crippen LogP contribution is 2.20. The number of hydrogen-bond acceptors (Lipinski definition) is 4. The molecule has 8 heteroatoms. The summed E-state index contributed by atoms with van der Waals surface area (Å²) in [4.78, 5) is 25.9. The Labute approximate surface area is 184 Å². The Morgan fingerprint density at radius 2 is 1.68 bits per heavy atom. The van der Waals surface area contributed by atoms with Gasteiger partial charge in [-0.3, -0.25) is 9.59 Å². The first-order chi connectivity index (χ1) is 14.8. The number of nitrogens with zero attached hydrogens (tertiary/aromatic N) is 2. The van der Waals surface area contributed by atoms with Crippen LogP contribution >= 0.6 is 0 Å². The molecule has 0 spiro atoms. The molecule has 3 rings (SSSR count). The largest absolute Gasteiger partial charge is 0.340 e. The fourth-order valence-corrected chi connectivity index (χ4v) is 5.00. The lowest BCUT2D eigenvalue weighted by Crippen LogP contribution is -2.49. The first-order valence-electron chi connectivity index (χ1n) is 10.6. The van der Waals surface area contributed by atoms with Gasteiger partial charge in [0.2, 0.25) is 15.9 Å². The predicted molar refractivity (Wildman–Crippen MR) is 120 cm³/mol. The van der Waals surface area contributed by atoms with E-state index in [2.05, 4.69) is 12.2 Å². The number of unbranched alkanes of at least 4 members (excludes halogenated alkanes) is 1. The molecule has 166 valence electrons. The number of amides is 2. The van der Waals surface area contributed by atoms with Crippen molar-refractivity contribution in [2.45, 2.75) is 38.0 Å². The minimum absolute atomic E-state index is 0.0610. The van der Waals surface area contributed by atoms with Crippen LogP contribution in [0.3, 0.4) is 0 Å². The fraction of sp³-hybridized carbons (Fsp3) is 0.391. The molecule has 1 heterocycles. The van der Waals surface area contributed by atoms with E-state index in [9.17, 15) is 18.0 Å². The minimum Gasteiger partial charge on any atom is -0.340 e. The summed E-state index contributed by atoms with van der Waals surface area (Å²) in [5, 5.41) is 2.83. The van der Waals surface area contributed by atoms with Crippen molar-refractivity contribution < 1.29 is 18.0 Å². The highest BCUT2D eigenvalue weighted by molar-refractivity contribution is 7.89. The summed E-state index contributed by atoms with van der Waals surface area (Å²) < 4.78 is 27.4. The molecule has 0 aromatic heterocycles. The Morgan fingerprint density at radius 1 is 1.00 bits per heavy atom. The Bertz CT molecular complexity index is 1030. The van der Waals surface area contributed by atoms with Gasteiger partial charge in [0.1, 0.15) is 0 Å². The molecular weight excluding hydrogens is 414 g/mol. The molecule has 0 saturated carbocycles. The van der Waals surface area contributed by atoms with E-state index in [-0.39, 0.29) is 35.4 Å². The highest BCUT2D eigenvalue weighted by atomic mass is 32.2. The summed E-state index contributed by atoms with van der Waals surface area (Å²) in [6, 6.07) is 13.8. The molecule has 7 nitrogen and oxygen atoms in total. The quantitative estimate of drug-likeness (QED) is 0.712. The normalized spacial score (nSPS) is 15.0. The van der Waals surface area contributed by atoms with Gasteiger partial charge in [-0.15, -0.1) is 0 Å². The van der Waals surface area contributed by atoms with Crippen LogP contribution in [0.4, 0.5) is 5.69 Å². The summed E-state index contributed by atoms with van der Waals surface area (Å²) in [7, 11) is -3.74. The lowest BCUT2D eigenvalue weighted by molar-refractivity contribution is -0.129. The average molecular weight is 444 g/mol. The number of carbonyl (C=O) groups is 2. The van der Waals surface area contributed by atoms with Crippen molar-refractivity contribution in [3.63, 3.8) is 0 Å². The van der Waals surface area contributed by atoms with E-state index >= 15 is 0 Å². The number of aryl methyl sites for hydroxylation is 1. The number of rotatable bonds is 7. The number of carbonyl (C=O) groups excluding carboxylic acids is 2. The molecule has 0 radical (unpaired) electrons. The van der Waals surface area contributed by atoms with Crippen LogP contribution in [0.2, 0.25) is 0 Å². The number of benzene rings is 2. The molecule has 1 fully saturated rings. The second kappa shape index (κ2) is 10.1. The maximum absolute atomic E-state index is 13.0. The van der Waals surface area contributed by atoms with E-state index in [1.165, 1.54) is 28.9 Å². The van der Waals surface area contributed by atoms with Crippen molar-refractivity contribution in [3.8, 4) is 0 Å². The average Bonchev–Trinajstić information content (AvgIpc) is 2.78. The second-order valence-corrected chi connectivity index (χ2v) is 9.63. The standard InChI is InChI=1S/C23H29N3O4S/c1-3-4-6-19-9-11-21(12-10-19)24-23(28)20-7-5-8-22(17-20)31(29,30)26-15-13-25(14-16-26)18(2)27/h5,7-12,17H,3-4,6,13-16H2,1-2H3,(H,24,28). The zero-order chi connectivity index (χ0) is 22.4. The summed E-state index contributed by atoms with van der Waals surface area (Å²) in [6.45, 7) is 4.83. The van der Waals surface area contributed by atoms with Gasteiger partial charge in [0.25, 0.3) is 5.91 Å². The molecule has 0 atom stereocenters. The summed E-state index contributed by atoms with van der Waals surface area (Å²) in [5.74, 6) is -0.422. The Hall–Kier alpha value is -2.71. The van der Waals surface area contributed by atoms with E-state index in [1.54, 1.807) is 17.0 Å². The zero-order valence-corrected chi connectivity index (χ0v) is 18.8. The summed E-state index contributed by atoms with van der Waals surface area (Å²) in [6.07, 6.45) is 3.26. The third-order valence-electron chi connectivity index (χ3n) is 5.45. The number of anilines is 1. The molecule has 2 aromatic carbocycles. The Morgan fingerprint density at radius 3 is 2.29 bits per heavy atom. The minimum atomic E-state index is -3.74. The number of piperazine rings is 1. The number of sulfonamides is 1. The molecule has 1 aliphatic rings. The Kier molecular flexibility index (Phi) is 7.46. The van der Waals surface area contributed by atoms with Crippen LogP contribution in [0.1, 0.15) is 42.6 Å². The molecule has 0 bridgehead atoms. The van der Waals surface area contributed by atoms with Crippen LogP contribution in [-0.2, 0) is 21.2 Å². The van der Waals surface area contributed by atoms with Gasteiger partial charge in [-0.25, -0.2) is 8.42 Å². The predicted octanol–water partition coefficient (Wildman–Crippen LogP) is 3.13. The third kappa shape index (κ3) is 5.71. The van der Waals surface area contributed by atoms with Crippen molar-refractivity contribution in [1.29, 1.82) is 0 Å². The Balaban J connectivity index is 1.69. The molecule has 0 unspecified atom stereocenters. The third-order valence-corrected chi connectivity index (χ3v) is 7.34. The molecule has 1 aliphatic heterocycles. The van der Waals surface area contributed by atoms with Crippen molar-refractivity contribution in [2.75, 3.05) is 31.5 Å². The smallest absolute Gasteiger partial charge is 0.255 e. The van der Waals surface area contributed by atoms with Crippen LogP contribution in [-0.4, -0.2) is 55.6 Å². The zero-order valence-electron chi connectivity index (χ0n) is 18.0. The van der Waals surface area contributed by atoms with Crippen molar-refractivity contribution in [2.24, 2.45) is 0 Å². The summed E-state index contributed by atoms with van der Waals surface area (Å²) >= 11 is 0. The van der Waals surface area contributed by atoms with E-state index in [0.717, 1.165) is 19.3 Å². The number of hydrogen-bond donors (Lipinski definition) is 1. The molecular formula is C23H29N3O4S. The van der Waals surface area contributed by atoms with Gasteiger partial charge in [-0.1, -0.05) is 31.5 Å². The second-order valence-electron chi connectivity index (χ2n) is 7.69. The van der Waals surface area contributed by atoms with Crippen molar-refractivity contribution in [1.82, 2.24) is 9.21 Å². The van der Waals surface area contributed by atoms with E-state index in [4.69, 9.17) is 0 Å². The monoisotopic (exact) mass is 443 g/mol. The van der Waals surface area contributed by atoms with Crippen LogP contribution in [0.5, 0.6) is 0 Å². The summed E-state index contributed by atoms with van der Waals surface area (Å²) in [5.41, 5.74) is 2.16. The van der Waals surface area contributed by atoms with Gasteiger partial charge >= 0.3 is 0 Å². The molecule has 1 saturated heterocycles. The van der Waals surface area contributed by atoms with Gasteiger partial charge in [0.15, 0.2) is 0 Å². The first-order valence-corrected chi connectivity index (χ1v) is 12.0. The van der Waals surface area contributed by atoms with Crippen LogP contribution < -0.4 is 5.32 Å². The lowest BCUT2D eigenvalue weighted by Gasteiger charge is -2.33. The molecule has 31 heavy (non-hydrogen) atoms. The highest BCUT2D eigenvalue weighted by Gasteiger charge is 2.29.